The van der Waals surface area contributed by atoms with Crippen molar-refractivity contribution in [3.8, 4) is 5.75 Å². The van der Waals surface area contributed by atoms with Crippen molar-refractivity contribution in [2.75, 3.05) is 0 Å². The van der Waals surface area contributed by atoms with Gasteiger partial charge in [0, 0.05) is 5.56 Å². The van der Waals surface area contributed by atoms with Gasteiger partial charge in [-0.1, -0.05) is 42.3 Å². The fraction of sp³-hybridized carbons (Fsp3) is 0.214. The van der Waals surface area contributed by atoms with E-state index in [1.165, 1.54) is 5.56 Å². The van der Waals surface area contributed by atoms with E-state index in [2.05, 4.69) is 18.0 Å². The highest BCUT2D eigenvalue weighted by molar-refractivity contribution is 6.32. The summed E-state index contributed by atoms with van der Waals surface area (Å²) in [5.74, 6) is 0.834. The van der Waals surface area contributed by atoms with E-state index in [-0.39, 0.29) is 0 Å². The maximum absolute atomic E-state index is 5.98. The van der Waals surface area contributed by atoms with Crippen molar-refractivity contribution in [2.24, 2.45) is 0 Å². The quantitative estimate of drug-likeness (QED) is 0.768. The smallest absolute Gasteiger partial charge is 0.137 e. The number of rotatable bonds is 4. The fourth-order valence-corrected chi connectivity index (χ4v) is 1.96. The predicted octanol–water partition coefficient (Wildman–Crippen LogP) is 4.53. The lowest BCUT2D eigenvalue weighted by atomic mass is 10.2. The molecule has 0 unspecified atom stereocenters. The van der Waals surface area contributed by atoms with Crippen molar-refractivity contribution in [2.45, 2.75) is 20.0 Å². The molecule has 2 rings (SSSR count). The van der Waals surface area contributed by atoms with Crippen LogP contribution in [0.3, 0.4) is 0 Å². The molecule has 0 aliphatic carbocycles. The molecule has 0 atom stereocenters. The first-order chi connectivity index (χ1) is 8.69. The molecule has 2 nitrogen and oxygen atoms in total. The highest BCUT2D eigenvalue weighted by atomic mass is 35.5. The molecule has 94 valence electrons. The number of hydrogen-bond donors (Lipinski definition) is 0. The average Bonchev–Trinajstić information content (AvgIpc) is 2.38. The van der Waals surface area contributed by atoms with Crippen molar-refractivity contribution < 1.29 is 4.74 Å². The first kappa shape index (κ1) is 13.2. The van der Waals surface area contributed by atoms with E-state index in [9.17, 15) is 0 Å². The molecule has 0 saturated carbocycles. The number of halogens is 2. The van der Waals surface area contributed by atoms with Crippen LogP contribution in [0.15, 0.2) is 36.4 Å². The fourth-order valence-electron chi connectivity index (χ4n) is 1.56. The predicted molar refractivity (Wildman–Crippen MR) is 74.4 cm³/mol. The van der Waals surface area contributed by atoms with Crippen LogP contribution < -0.4 is 4.74 Å². The zero-order valence-corrected chi connectivity index (χ0v) is 11.5. The molecule has 18 heavy (non-hydrogen) atoms. The standard InChI is InChI=1S/C14H13Cl2NO/c1-2-10-4-3-5-12(8-10)18-9-11-6-7-13(15)17-14(11)16/h3-8H,2,9H2,1H3. The van der Waals surface area contributed by atoms with Gasteiger partial charge in [-0.3, -0.25) is 0 Å². The number of benzene rings is 1. The lowest BCUT2D eigenvalue weighted by molar-refractivity contribution is 0.305. The minimum atomic E-state index is 0.383. The topological polar surface area (TPSA) is 22.1 Å². The molecule has 2 aromatic rings. The van der Waals surface area contributed by atoms with Gasteiger partial charge >= 0.3 is 0 Å². The lowest BCUT2D eigenvalue weighted by Crippen LogP contribution is -1.98. The van der Waals surface area contributed by atoms with Gasteiger partial charge in [-0.15, -0.1) is 0 Å². The second kappa shape index (κ2) is 6.07. The number of aryl methyl sites for hydroxylation is 1. The van der Waals surface area contributed by atoms with E-state index in [0.717, 1.165) is 17.7 Å². The number of aromatic nitrogens is 1. The Morgan fingerprint density at radius 3 is 2.72 bits per heavy atom. The number of ether oxygens (including phenoxy) is 1. The molecule has 1 aromatic heterocycles. The second-order valence-electron chi connectivity index (χ2n) is 3.87. The summed E-state index contributed by atoms with van der Waals surface area (Å²) in [7, 11) is 0. The van der Waals surface area contributed by atoms with Gasteiger partial charge in [0.05, 0.1) is 0 Å². The molecule has 0 amide bonds. The Labute approximate surface area is 117 Å². The van der Waals surface area contributed by atoms with Crippen molar-refractivity contribution in [1.29, 1.82) is 0 Å². The highest BCUT2D eigenvalue weighted by Crippen LogP contribution is 2.20. The third-order valence-electron chi connectivity index (χ3n) is 2.59. The Bertz CT molecular complexity index is 543. The summed E-state index contributed by atoms with van der Waals surface area (Å²) in [6.45, 7) is 2.50. The van der Waals surface area contributed by atoms with Crippen LogP contribution in [-0.4, -0.2) is 4.98 Å². The van der Waals surface area contributed by atoms with Gasteiger partial charge in [-0.05, 0) is 36.2 Å². The van der Waals surface area contributed by atoms with Gasteiger partial charge in [-0.25, -0.2) is 4.98 Å². The highest BCUT2D eigenvalue weighted by Gasteiger charge is 2.04. The van der Waals surface area contributed by atoms with E-state index in [4.69, 9.17) is 27.9 Å². The third-order valence-corrected chi connectivity index (χ3v) is 3.13. The molecule has 0 aliphatic heterocycles. The summed E-state index contributed by atoms with van der Waals surface area (Å²) in [6.07, 6.45) is 0.987. The van der Waals surface area contributed by atoms with Crippen molar-refractivity contribution >= 4 is 23.2 Å². The SMILES string of the molecule is CCc1cccc(OCc2ccc(Cl)nc2Cl)c1. The van der Waals surface area contributed by atoms with E-state index in [1.54, 1.807) is 6.07 Å². The lowest BCUT2D eigenvalue weighted by Gasteiger charge is -2.08. The van der Waals surface area contributed by atoms with E-state index >= 15 is 0 Å². The molecule has 0 radical (unpaired) electrons. The summed E-state index contributed by atoms with van der Waals surface area (Å²) in [5.41, 5.74) is 2.07. The summed E-state index contributed by atoms with van der Waals surface area (Å²) < 4.78 is 5.69. The zero-order valence-electron chi connectivity index (χ0n) is 9.99. The molecule has 1 heterocycles. The molecule has 4 heteroatoms. The minimum absolute atomic E-state index is 0.383. The van der Waals surface area contributed by atoms with Gasteiger partial charge in [0.1, 0.15) is 22.7 Å². The third kappa shape index (κ3) is 3.37. The Kier molecular flexibility index (Phi) is 4.45. The largest absolute Gasteiger partial charge is 0.489 e. The van der Waals surface area contributed by atoms with E-state index in [0.29, 0.717) is 16.9 Å². The number of pyridine rings is 1. The average molecular weight is 282 g/mol. The molecule has 0 bridgehead atoms. The van der Waals surface area contributed by atoms with Gasteiger partial charge < -0.3 is 4.74 Å². The van der Waals surface area contributed by atoms with Gasteiger partial charge in [0.2, 0.25) is 0 Å². The Balaban J connectivity index is 2.06. The van der Waals surface area contributed by atoms with E-state index < -0.39 is 0 Å². The van der Waals surface area contributed by atoms with Crippen LogP contribution in [-0.2, 0) is 13.0 Å². The van der Waals surface area contributed by atoms with Crippen LogP contribution in [0.1, 0.15) is 18.1 Å². The molecule has 0 fully saturated rings. The Hall–Kier alpha value is -1.25. The molecule has 1 aromatic carbocycles. The minimum Gasteiger partial charge on any atom is -0.489 e. The molecule has 0 spiro atoms. The van der Waals surface area contributed by atoms with Gasteiger partial charge in [-0.2, -0.15) is 0 Å². The molecule has 0 saturated heterocycles. The van der Waals surface area contributed by atoms with Gasteiger partial charge in [0.25, 0.3) is 0 Å². The zero-order chi connectivity index (χ0) is 13.0. The maximum Gasteiger partial charge on any atom is 0.137 e. The summed E-state index contributed by atoms with van der Waals surface area (Å²) in [6, 6.07) is 11.5. The molecular formula is C14H13Cl2NO. The molecule has 0 aliphatic rings. The van der Waals surface area contributed by atoms with Crippen molar-refractivity contribution in [3.05, 3.63) is 57.8 Å². The van der Waals surface area contributed by atoms with Crippen LogP contribution in [0.5, 0.6) is 5.75 Å². The summed E-state index contributed by atoms with van der Waals surface area (Å²) in [4.78, 5) is 3.97. The first-order valence-corrected chi connectivity index (χ1v) is 6.47. The molecular weight excluding hydrogens is 269 g/mol. The Morgan fingerprint density at radius 1 is 1.17 bits per heavy atom. The Morgan fingerprint density at radius 2 is 2.00 bits per heavy atom. The molecule has 0 N–H and O–H groups in total. The van der Waals surface area contributed by atoms with Gasteiger partial charge in [0.15, 0.2) is 0 Å². The summed E-state index contributed by atoms with van der Waals surface area (Å²) >= 11 is 11.7. The van der Waals surface area contributed by atoms with Crippen LogP contribution in [0.4, 0.5) is 0 Å². The second-order valence-corrected chi connectivity index (χ2v) is 4.62. The van der Waals surface area contributed by atoms with Crippen LogP contribution >= 0.6 is 23.2 Å². The first-order valence-electron chi connectivity index (χ1n) is 5.71. The maximum atomic E-state index is 5.98. The monoisotopic (exact) mass is 281 g/mol. The van der Waals surface area contributed by atoms with Crippen molar-refractivity contribution in [3.63, 3.8) is 0 Å². The normalized spacial score (nSPS) is 10.4. The van der Waals surface area contributed by atoms with Crippen LogP contribution in [0.2, 0.25) is 10.3 Å². The summed E-state index contributed by atoms with van der Waals surface area (Å²) in [5, 5.41) is 0.769. The number of nitrogens with zero attached hydrogens (tertiary/aromatic N) is 1. The number of hydrogen-bond acceptors (Lipinski definition) is 2. The van der Waals surface area contributed by atoms with Crippen LogP contribution in [0.25, 0.3) is 0 Å². The van der Waals surface area contributed by atoms with Crippen LogP contribution in [0, 0.1) is 0 Å². The van der Waals surface area contributed by atoms with E-state index in [1.807, 2.05) is 24.3 Å². The van der Waals surface area contributed by atoms with Crippen molar-refractivity contribution in [1.82, 2.24) is 4.98 Å².